The maximum absolute atomic E-state index is 14.1. The molecule has 2 aromatic carbocycles. The van der Waals surface area contributed by atoms with Gasteiger partial charge in [0.1, 0.15) is 0 Å². The van der Waals surface area contributed by atoms with Crippen molar-refractivity contribution in [2.24, 2.45) is 17.1 Å². The van der Waals surface area contributed by atoms with Gasteiger partial charge >= 0.3 is 0 Å². The van der Waals surface area contributed by atoms with Crippen molar-refractivity contribution in [3.8, 4) is 0 Å². The third kappa shape index (κ3) is 5.84. The van der Waals surface area contributed by atoms with E-state index < -0.39 is 23.0 Å². The standard InChI is InChI=1S/C31H41N3O4/c1-22(38-20-23-12-7-5-8-13-23)25(18-27(35)30(2,3)32)28(36)34-17-11-16-31(21-34)26(19-33(4)29(31)37)24-14-9-6-10-15-24/h5-10,12-15,22,25-26H,11,16-21,32H2,1-4H3/t22-,25-,26?,31?/m1/s1. The summed E-state index contributed by atoms with van der Waals surface area (Å²) in [5.74, 6) is -0.916. The largest absolute Gasteiger partial charge is 0.373 e. The third-order valence-electron chi connectivity index (χ3n) is 8.30. The number of hydrogen-bond donors (Lipinski definition) is 1. The van der Waals surface area contributed by atoms with Crippen molar-refractivity contribution in [3.63, 3.8) is 0 Å². The minimum Gasteiger partial charge on any atom is -0.373 e. The number of Topliss-reactive ketones (excluding diaryl/α,β-unsaturated/α-hetero) is 1. The average molecular weight is 520 g/mol. The zero-order valence-electron chi connectivity index (χ0n) is 23.1. The van der Waals surface area contributed by atoms with Crippen LogP contribution >= 0.6 is 0 Å². The molecule has 2 aromatic rings. The van der Waals surface area contributed by atoms with Crippen LogP contribution in [0.4, 0.5) is 0 Å². The van der Waals surface area contributed by atoms with Crippen molar-refractivity contribution in [2.75, 3.05) is 26.7 Å². The van der Waals surface area contributed by atoms with Crippen LogP contribution in [-0.2, 0) is 25.7 Å². The lowest BCUT2D eigenvalue weighted by Crippen LogP contribution is -2.54. The summed E-state index contributed by atoms with van der Waals surface area (Å²) in [6.45, 7) is 7.06. The van der Waals surface area contributed by atoms with Gasteiger partial charge < -0.3 is 20.3 Å². The Labute approximate surface area is 226 Å². The molecule has 38 heavy (non-hydrogen) atoms. The summed E-state index contributed by atoms with van der Waals surface area (Å²) >= 11 is 0. The first kappa shape index (κ1) is 28.0. The molecule has 204 valence electrons. The minimum absolute atomic E-state index is 0.00223. The Morgan fingerprint density at radius 2 is 1.74 bits per heavy atom. The number of carbonyl (C=O) groups excluding carboxylic acids is 3. The summed E-state index contributed by atoms with van der Waals surface area (Å²) in [5, 5.41) is 0. The molecule has 1 spiro atoms. The van der Waals surface area contributed by atoms with Crippen LogP contribution in [0.3, 0.4) is 0 Å². The van der Waals surface area contributed by atoms with E-state index in [2.05, 4.69) is 12.1 Å². The highest BCUT2D eigenvalue weighted by molar-refractivity contribution is 5.93. The molecule has 2 amide bonds. The second-order valence-electron chi connectivity index (χ2n) is 11.6. The molecule has 4 atom stereocenters. The van der Waals surface area contributed by atoms with Crippen LogP contribution in [0, 0.1) is 11.3 Å². The number of amides is 2. The lowest BCUT2D eigenvalue weighted by Gasteiger charge is -2.43. The quantitative estimate of drug-likeness (QED) is 0.545. The van der Waals surface area contributed by atoms with Crippen molar-refractivity contribution in [1.82, 2.24) is 9.80 Å². The molecule has 0 radical (unpaired) electrons. The van der Waals surface area contributed by atoms with E-state index in [-0.39, 0.29) is 29.9 Å². The van der Waals surface area contributed by atoms with Gasteiger partial charge in [0.05, 0.1) is 29.6 Å². The summed E-state index contributed by atoms with van der Waals surface area (Å²) < 4.78 is 6.15. The Morgan fingerprint density at radius 1 is 1.11 bits per heavy atom. The van der Waals surface area contributed by atoms with Crippen LogP contribution < -0.4 is 5.73 Å². The predicted octanol–water partition coefficient (Wildman–Crippen LogP) is 3.77. The van der Waals surface area contributed by atoms with Gasteiger partial charge in [0.25, 0.3) is 0 Å². The lowest BCUT2D eigenvalue weighted by molar-refractivity contribution is -0.151. The molecule has 4 rings (SSSR count). The van der Waals surface area contributed by atoms with Crippen LogP contribution in [0.15, 0.2) is 60.7 Å². The van der Waals surface area contributed by atoms with Crippen LogP contribution in [0.2, 0.25) is 0 Å². The SMILES string of the molecule is C[C@@H](OCc1ccccc1)[C@@H](CC(=O)C(C)(C)N)C(=O)N1CCCC2(C1)C(=O)N(C)CC2c1ccccc1. The second kappa shape index (κ2) is 11.4. The van der Waals surface area contributed by atoms with Gasteiger partial charge in [-0.1, -0.05) is 60.7 Å². The third-order valence-corrected chi connectivity index (χ3v) is 8.30. The number of piperidine rings is 1. The molecule has 2 fully saturated rings. The van der Waals surface area contributed by atoms with Gasteiger partial charge in [-0.25, -0.2) is 0 Å². The molecule has 2 aliphatic heterocycles. The number of benzene rings is 2. The first-order valence-electron chi connectivity index (χ1n) is 13.6. The fourth-order valence-electron chi connectivity index (χ4n) is 5.97. The molecule has 0 bridgehead atoms. The summed E-state index contributed by atoms with van der Waals surface area (Å²) in [6.07, 6.45) is 0.965. The highest BCUT2D eigenvalue weighted by Crippen LogP contribution is 2.49. The Balaban J connectivity index is 1.58. The topological polar surface area (TPSA) is 92.9 Å². The first-order chi connectivity index (χ1) is 18.0. The van der Waals surface area contributed by atoms with Gasteiger partial charge in [-0.05, 0) is 44.7 Å². The van der Waals surface area contributed by atoms with Gasteiger partial charge in [-0.15, -0.1) is 0 Å². The van der Waals surface area contributed by atoms with Crippen molar-refractivity contribution < 1.29 is 19.1 Å². The lowest BCUT2D eigenvalue weighted by atomic mass is 9.68. The van der Waals surface area contributed by atoms with E-state index >= 15 is 0 Å². The highest BCUT2D eigenvalue weighted by Gasteiger charge is 2.56. The van der Waals surface area contributed by atoms with Crippen LogP contribution in [0.5, 0.6) is 0 Å². The molecule has 2 N–H and O–H groups in total. The smallest absolute Gasteiger partial charge is 0.231 e. The molecule has 7 nitrogen and oxygen atoms in total. The number of nitrogens with zero attached hydrogens (tertiary/aromatic N) is 2. The first-order valence-corrected chi connectivity index (χ1v) is 13.6. The van der Waals surface area contributed by atoms with Gasteiger partial charge in [-0.3, -0.25) is 14.4 Å². The number of ether oxygens (including phenoxy) is 1. The molecule has 7 heteroatoms. The van der Waals surface area contributed by atoms with E-state index in [4.69, 9.17) is 10.5 Å². The molecule has 2 unspecified atom stereocenters. The predicted molar refractivity (Wildman–Crippen MR) is 147 cm³/mol. The van der Waals surface area contributed by atoms with E-state index in [1.165, 1.54) is 0 Å². The molecule has 2 aliphatic rings. The molecule has 0 aromatic heterocycles. The summed E-state index contributed by atoms with van der Waals surface area (Å²) in [5.41, 5.74) is 6.52. The normalized spacial score (nSPS) is 23.5. The van der Waals surface area contributed by atoms with Crippen molar-refractivity contribution in [3.05, 3.63) is 71.8 Å². The highest BCUT2D eigenvalue weighted by atomic mass is 16.5. The Bertz CT molecular complexity index is 1130. The Kier molecular flexibility index (Phi) is 8.38. The zero-order valence-corrected chi connectivity index (χ0v) is 23.1. The van der Waals surface area contributed by atoms with Gasteiger partial charge in [0.2, 0.25) is 11.8 Å². The summed E-state index contributed by atoms with van der Waals surface area (Å²) in [7, 11) is 1.85. The monoisotopic (exact) mass is 519 g/mol. The van der Waals surface area contributed by atoms with Gasteiger partial charge in [0, 0.05) is 39.0 Å². The minimum atomic E-state index is -1.05. The maximum atomic E-state index is 14.1. The van der Waals surface area contributed by atoms with E-state index in [9.17, 15) is 14.4 Å². The van der Waals surface area contributed by atoms with Crippen molar-refractivity contribution in [1.29, 1.82) is 0 Å². The number of rotatable bonds is 9. The number of likely N-dealkylation sites (N-methyl/N-ethyl adjacent to an activating group) is 1. The van der Waals surface area contributed by atoms with E-state index in [1.807, 2.05) is 62.5 Å². The van der Waals surface area contributed by atoms with Crippen LogP contribution in [-0.4, -0.2) is 65.7 Å². The van der Waals surface area contributed by atoms with E-state index in [1.54, 1.807) is 23.6 Å². The Morgan fingerprint density at radius 3 is 2.37 bits per heavy atom. The van der Waals surface area contributed by atoms with Crippen LogP contribution in [0.1, 0.15) is 57.1 Å². The maximum Gasteiger partial charge on any atom is 0.231 e. The number of likely N-dealkylation sites (tertiary alicyclic amines) is 2. The van der Waals surface area contributed by atoms with Crippen molar-refractivity contribution >= 4 is 17.6 Å². The molecular weight excluding hydrogens is 478 g/mol. The zero-order chi connectivity index (χ0) is 27.5. The fourth-order valence-corrected chi connectivity index (χ4v) is 5.97. The Hall–Kier alpha value is -3.03. The van der Waals surface area contributed by atoms with E-state index in [0.29, 0.717) is 26.2 Å². The number of carbonyl (C=O) groups is 3. The molecular formula is C31H41N3O4. The molecule has 2 saturated heterocycles. The number of hydrogen-bond acceptors (Lipinski definition) is 5. The van der Waals surface area contributed by atoms with E-state index in [0.717, 1.165) is 24.0 Å². The fraction of sp³-hybridized carbons (Fsp3) is 0.516. The van der Waals surface area contributed by atoms with Gasteiger partial charge in [-0.2, -0.15) is 0 Å². The van der Waals surface area contributed by atoms with Crippen LogP contribution in [0.25, 0.3) is 0 Å². The van der Waals surface area contributed by atoms with Crippen molar-refractivity contribution in [2.45, 2.75) is 64.2 Å². The summed E-state index contributed by atoms with van der Waals surface area (Å²) in [4.78, 5) is 44.3. The summed E-state index contributed by atoms with van der Waals surface area (Å²) in [6, 6.07) is 19.9. The molecule has 0 aliphatic carbocycles. The van der Waals surface area contributed by atoms with Gasteiger partial charge in [0.15, 0.2) is 5.78 Å². The average Bonchev–Trinajstić information content (AvgIpc) is 3.15. The molecule has 2 heterocycles. The second-order valence-corrected chi connectivity index (χ2v) is 11.6. The number of ketones is 1. The number of nitrogens with two attached hydrogens (primary N) is 1. The molecule has 0 saturated carbocycles.